The third kappa shape index (κ3) is 1.80. The molecule has 0 radical (unpaired) electrons. The van der Waals surface area contributed by atoms with Crippen LogP contribution in [0.1, 0.15) is 32.0 Å². The first-order valence-electron chi connectivity index (χ1n) is 5.26. The minimum Gasteiger partial charge on any atom is -0.308 e. The van der Waals surface area contributed by atoms with E-state index in [1.54, 1.807) is 4.80 Å². The zero-order chi connectivity index (χ0) is 10.1. The summed E-state index contributed by atoms with van der Waals surface area (Å²) in [6.45, 7) is 5.66. The topological polar surface area (TPSA) is 42.7 Å². The van der Waals surface area contributed by atoms with Gasteiger partial charge in [0.2, 0.25) is 0 Å². The highest BCUT2D eigenvalue weighted by molar-refractivity contribution is 5.03. The van der Waals surface area contributed by atoms with Crippen molar-refractivity contribution in [2.24, 2.45) is 18.9 Å². The van der Waals surface area contributed by atoms with E-state index in [0.29, 0.717) is 12.0 Å². The van der Waals surface area contributed by atoms with E-state index in [1.807, 2.05) is 13.2 Å². The molecule has 0 saturated carbocycles. The number of hydrogen-bond acceptors (Lipinski definition) is 3. The fraction of sp³-hybridized carbons (Fsp3) is 0.800. The van der Waals surface area contributed by atoms with Gasteiger partial charge in [-0.15, -0.1) is 0 Å². The van der Waals surface area contributed by atoms with Crippen molar-refractivity contribution in [1.29, 1.82) is 0 Å². The predicted molar refractivity (Wildman–Crippen MR) is 54.7 cm³/mol. The zero-order valence-electron chi connectivity index (χ0n) is 9.07. The largest absolute Gasteiger partial charge is 0.308 e. The van der Waals surface area contributed by atoms with Crippen LogP contribution in [-0.4, -0.2) is 21.5 Å². The smallest absolute Gasteiger partial charge is 0.0998 e. The molecule has 1 N–H and O–H groups in total. The fourth-order valence-corrected chi connectivity index (χ4v) is 2.28. The van der Waals surface area contributed by atoms with Crippen LogP contribution in [0, 0.1) is 11.8 Å². The summed E-state index contributed by atoms with van der Waals surface area (Å²) in [6.07, 6.45) is 3.14. The van der Waals surface area contributed by atoms with Crippen LogP contribution in [0.2, 0.25) is 0 Å². The summed E-state index contributed by atoms with van der Waals surface area (Å²) in [5.74, 6) is 1.42. The third-order valence-corrected chi connectivity index (χ3v) is 2.97. The molecule has 14 heavy (non-hydrogen) atoms. The molecule has 3 unspecified atom stereocenters. The summed E-state index contributed by atoms with van der Waals surface area (Å²) in [4.78, 5) is 1.63. The first-order valence-corrected chi connectivity index (χ1v) is 5.26. The number of aryl methyl sites for hydroxylation is 1. The first-order chi connectivity index (χ1) is 6.66. The van der Waals surface area contributed by atoms with Gasteiger partial charge in [-0.3, -0.25) is 0 Å². The van der Waals surface area contributed by atoms with Gasteiger partial charge in [0.25, 0.3) is 0 Å². The lowest BCUT2D eigenvalue weighted by Gasteiger charge is -2.32. The summed E-state index contributed by atoms with van der Waals surface area (Å²) < 4.78 is 0. The molecule has 1 aliphatic rings. The Balaban J connectivity index is 2.11. The average molecular weight is 194 g/mol. The molecule has 4 heteroatoms. The third-order valence-electron chi connectivity index (χ3n) is 2.97. The molecule has 0 aliphatic carbocycles. The summed E-state index contributed by atoms with van der Waals surface area (Å²) in [5.41, 5.74) is 1.08. The maximum atomic E-state index is 4.35. The van der Waals surface area contributed by atoms with Crippen molar-refractivity contribution in [3.05, 3.63) is 11.9 Å². The second-order valence-corrected chi connectivity index (χ2v) is 4.46. The Labute approximate surface area is 84.7 Å². The minimum atomic E-state index is 0.389. The van der Waals surface area contributed by atoms with Gasteiger partial charge >= 0.3 is 0 Å². The number of aromatic nitrogens is 3. The van der Waals surface area contributed by atoms with E-state index in [1.165, 1.54) is 6.42 Å². The number of rotatable bonds is 1. The van der Waals surface area contributed by atoms with Gasteiger partial charge in [0.15, 0.2) is 0 Å². The van der Waals surface area contributed by atoms with Gasteiger partial charge in [-0.05, 0) is 24.8 Å². The van der Waals surface area contributed by atoms with Crippen LogP contribution < -0.4 is 5.32 Å². The second-order valence-electron chi connectivity index (χ2n) is 4.46. The van der Waals surface area contributed by atoms with Gasteiger partial charge in [0, 0.05) is 7.05 Å². The van der Waals surface area contributed by atoms with Crippen molar-refractivity contribution in [1.82, 2.24) is 20.3 Å². The first kappa shape index (κ1) is 9.65. The van der Waals surface area contributed by atoms with E-state index in [2.05, 4.69) is 29.4 Å². The molecule has 1 fully saturated rings. The van der Waals surface area contributed by atoms with E-state index in [-0.39, 0.29) is 0 Å². The lowest BCUT2D eigenvalue weighted by Crippen LogP contribution is -2.37. The molecule has 0 bridgehead atoms. The lowest BCUT2D eigenvalue weighted by atomic mass is 9.85. The lowest BCUT2D eigenvalue weighted by molar-refractivity contribution is 0.242. The van der Waals surface area contributed by atoms with Gasteiger partial charge in [-0.25, -0.2) is 0 Å². The Kier molecular flexibility index (Phi) is 2.54. The molecule has 2 rings (SSSR count). The van der Waals surface area contributed by atoms with E-state index in [9.17, 15) is 0 Å². The molecule has 1 saturated heterocycles. The summed E-state index contributed by atoms with van der Waals surface area (Å²) in [7, 11) is 1.86. The van der Waals surface area contributed by atoms with Crippen molar-refractivity contribution in [2.45, 2.75) is 26.3 Å². The van der Waals surface area contributed by atoms with Gasteiger partial charge < -0.3 is 5.32 Å². The Bertz CT molecular complexity index is 307. The number of nitrogens with one attached hydrogen (secondary N) is 1. The molecule has 0 aromatic carbocycles. The van der Waals surface area contributed by atoms with Crippen molar-refractivity contribution < 1.29 is 0 Å². The molecule has 78 valence electrons. The molecular weight excluding hydrogens is 176 g/mol. The maximum absolute atomic E-state index is 4.35. The van der Waals surface area contributed by atoms with Crippen LogP contribution in [-0.2, 0) is 7.05 Å². The highest BCUT2D eigenvalue weighted by Crippen LogP contribution is 2.29. The molecule has 4 nitrogen and oxygen atoms in total. The van der Waals surface area contributed by atoms with E-state index in [0.717, 1.165) is 18.2 Å². The monoisotopic (exact) mass is 194 g/mol. The number of nitrogens with zero attached hydrogens (tertiary/aromatic N) is 3. The van der Waals surface area contributed by atoms with Crippen LogP contribution in [0.3, 0.4) is 0 Å². The molecule has 1 aromatic heterocycles. The standard InChI is InChI=1S/C10H18N4/c1-7-4-8(2)10(11-5-7)9-6-12-14(3)13-9/h6-8,10-11H,4-5H2,1-3H3. The summed E-state index contributed by atoms with van der Waals surface area (Å²) in [5, 5.41) is 12.0. The summed E-state index contributed by atoms with van der Waals surface area (Å²) in [6, 6.07) is 0.389. The molecule has 1 aromatic rings. The zero-order valence-corrected chi connectivity index (χ0v) is 9.07. The van der Waals surface area contributed by atoms with Gasteiger partial charge in [0.1, 0.15) is 0 Å². The molecule has 2 heterocycles. The van der Waals surface area contributed by atoms with Crippen molar-refractivity contribution in [3.63, 3.8) is 0 Å². The minimum absolute atomic E-state index is 0.389. The van der Waals surface area contributed by atoms with E-state index < -0.39 is 0 Å². The Morgan fingerprint density at radius 2 is 2.29 bits per heavy atom. The number of hydrogen-bond donors (Lipinski definition) is 1. The van der Waals surface area contributed by atoms with Crippen LogP contribution in [0.25, 0.3) is 0 Å². The Hall–Kier alpha value is -0.900. The van der Waals surface area contributed by atoms with Crippen LogP contribution in [0.15, 0.2) is 6.20 Å². The van der Waals surface area contributed by atoms with Crippen molar-refractivity contribution in [3.8, 4) is 0 Å². The van der Waals surface area contributed by atoms with E-state index >= 15 is 0 Å². The maximum Gasteiger partial charge on any atom is 0.0998 e. The molecule has 0 spiro atoms. The van der Waals surface area contributed by atoms with Crippen LogP contribution in [0.4, 0.5) is 0 Å². The quantitative estimate of drug-likeness (QED) is 0.728. The molecule has 3 atom stereocenters. The molecular formula is C10H18N4. The highest BCUT2D eigenvalue weighted by Gasteiger charge is 2.27. The number of piperidine rings is 1. The predicted octanol–water partition coefficient (Wildman–Crippen LogP) is 1.12. The molecule has 1 aliphatic heterocycles. The van der Waals surface area contributed by atoms with Gasteiger partial charge in [-0.2, -0.15) is 15.0 Å². The Morgan fingerprint density at radius 1 is 1.50 bits per heavy atom. The van der Waals surface area contributed by atoms with Gasteiger partial charge in [-0.1, -0.05) is 13.8 Å². The average Bonchev–Trinajstić information content (AvgIpc) is 2.51. The normalized spacial score (nSPS) is 33.2. The Morgan fingerprint density at radius 3 is 2.86 bits per heavy atom. The van der Waals surface area contributed by atoms with E-state index in [4.69, 9.17) is 0 Å². The second kappa shape index (κ2) is 3.69. The van der Waals surface area contributed by atoms with Gasteiger partial charge in [0.05, 0.1) is 17.9 Å². The highest BCUT2D eigenvalue weighted by atomic mass is 15.5. The fourth-order valence-electron chi connectivity index (χ4n) is 2.28. The van der Waals surface area contributed by atoms with Crippen LogP contribution >= 0.6 is 0 Å². The SMILES string of the molecule is CC1CNC(c2cnn(C)n2)C(C)C1. The van der Waals surface area contributed by atoms with Crippen molar-refractivity contribution in [2.75, 3.05) is 6.54 Å². The summed E-state index contributed by atoms with van der Waals surface area (Å²) >= 11 is 0. The van der Waals surface area contributed by atoms with Crippen molar-refractivity contribution >= 4 is 0 Å². The van der Waals surface area contributed by atoms with Crippen LogP contribution in [0.5, 0.6) is 0 Å². The molecule has 0 amide bonds.